The second-order valence-electron chi connectivity index (χ2n) is 4.45. The number of nitrogens with zero attached hydrogens (tertiary/aromatic N) is 1. The molecule has 1 atom stereocenters. The largest absolute Gasteiger partial charge is 0.453 e. The summed E-state index contributed by atoms with van der Waals surface area (Å²) in [4.78, 5) is 9.86. The third-order valence-corrected chi connectivity index (χ3v) is 3.12. The van der Waals surface area contributed by atoms with E-state index in [0.29, 0.717) is 0 Å². The number of non-ortho nitro benzene ring substituents is 1. The van der Waals surface area contributed by atoms with Crippen molar-refractivity contribution in [2.24, 2.45) is 5.73 Å². The van der Waals surface area contributed by atoms with Crippen molar-refractivity contribution in [3.8, 4) is 11.5 Å². The predicted octanol–water partition coefficient (Wildman–Crippen LogP) is 4.20. The van der Waals surface area contributed by atoms with Crippen LogP contribution in [0.1, 0.15) is 18.5 Å². The molecule has 0 fully saturated rings. The van der Waals surface area contributed by atoms with Gasteiger partial charge >= 0.3 is 0 Å². The molecule has 0 amide bonds. The highest BCUT2D eigenvalue weighted by Crippen LogP contribution is 2.33. The number of hydrogen-bond donors (Lipinski definition) is 1. The van der Waals surface area contributed by atoms with Gasteiger partial charge in [-0.3, -0.25) is 10.1 Å². The van der Waals surface area contributed by atoms with E-state index < -0.39 is 10.7 Å². The van der Waals surface area contributed by atoms with E-state index in [-0.39, 0.29) is 28.3 Å². The van der Waals surface area contributed by atoms with Crippen LogP contribution >= 0.6 is 11.6 Å². The normalized spacial score (nSPS) is 12.0. The zero-order valence-electron chi connectivity index (χ0n) is 11.0. The predicted molar refractivity (Wildman–Crippen MR) is 77.2 cm³/mol. The summed E-state index contributed by atoms with van der Waals surface area (Å²) in [5, 5.41) is 10.8. The number of rotatable bonds is 4. The van der Waals surface area contributed by atoms with Gasteiger partial charge in [-0.1, -0.05) is 17.7 Å². The average molecular weight is 311 g/mol. The Morgan fingerprint density at radius 1 is 1.29 bits per heavy atom. The molecule has 0 saturated heterocycles. The summed E-state index contributed by atoms with van der Waals surface area (Å²) in [7, 11) is 0. The van der Waals surface area contributed by atoms with Crippen molar-refractivity contribution >= 4 is 17.3 Å². The Kier molecular flexibility index (Phi) is 4.40. The monoisotopic (exact) mass is 310 g/mol. The van der Waals surface area contributed by atoms with Gasteiger partial charge in [0.2, 0.25) is 0 Å². The number of nitrogens with two attached hydrogens (primary N) is 1. The first-order valence-electron chi connectivity index (χ1n) is 6.05. The van der Waals surface area contributed by atoms with E-state index in [9.17, 15) is 14.5 Å². The molecule has 0 bridgehead atoms. The molecule has 0 aliphatic rings. The third-order valence-electron chi connectivity index (χ3n) is 2.83. The molecule has 0 spiro atoms. The van der Waals surface area contributed by atoms with Crippen LogP contribution in [-0.4, -0.2) is 4.92 Å². The molecule has 0 aliphatic heterocycles. The topological polar surface area (TPSA) is 78.4 Å². The zero-order chi connectivity index (χ0) is 15.6. The van der Waals surface area contributed by atoms with Gasteiger partial charge in [-0.2, -0.15) is 0 Å². The van der Waals surface area contributed by atoms with E-state index in [4.69, 9.17) is 22.1 Å². The van der Waals surface area contributed by atoms with Gasteiger partial charge in [0, 0.05) is 12.1 Å². The summed E-state index contributed by atoms with van der Waals surface area (Å²) in [5.41, 5.74) is 6.20. The lowest BCUT2D eigenvalue weighted by molar-refractivity contribution is -0.385. The van der Waals surface area contributed by atoms with Crippen molar-refractivity contribution in [1.29, 1.82) is 0 Å². The highest BCUT2D eigenvalue weighted by molar-refractivity contribution is 6.32. The fraction of sp³-hybridized carbons (Fsp3) is 0.143. The molecule has 21 heavy (non-hydrogen) atoms. The van der Waals surface area contributed by atoms with Gasteiger partial charge in [-0.05, 0) is 30.7 Å². The molecule has 2 N–H and O–H groups in total. The van der Waals surface area contributed by atoms with Crippen molar-refractivity contribution in [3.05, 3.63) is 62.9 Å². The van der Waals surface area contributed by atoms with Gasteiger partial charge in [-0.15, -0.1) is 0 Å². The minimum atomic E-state index is -0.837. The molecular weight excluding hydrogens is 299 g/mol. The Morgan fingerprint density at radius 3 is 2.48 bits per heavy atom. The zero-order valence-corrected chi connectivity index (χ0v) is 11.8. The van der Waals surface area contributed by atoms with E-state index in [1.54, 1.807) is 18.2 Å². The summed E-state index contributed by atoms with van der Waals surface area (Å²) >= 11 is 6.05. The summed E-state index contributed by atoms with van der Waals surface area (Å²) in [6.07, 6.45) is 0. The maximum Gasteiger partial charge on any atom is 0.272 e. The van der Waals surface area contributed by atoms with E-state index in [1.165, 1.54) is 6.07 Å². The van der Waals surface area contributed by atoms with Crippen LogP contribution in [0.25, 0.3) is 0 Å². The van der Waals surface area contributed by atoms with Crippen LogP contribution in [0.15, 0.2) is 36.4 Å². The van der Waals surface area contributed by atoms with Crippen LogP contribution in [0.3, 0.4) is 0 Å². The molecule has 0 saturated carbocycles. The lowest BCUT2D eigenvalue weighted by Crippen LogP contribution is -2.04. The van der Waals surface area contributed by atoms with Crippen LogP contribution in [-0.2, 0) is 0 Å². The Morgan fingerprint density at radius 2 is 1.95 bits per heavy atom. The second kappa shape index (κ2) is 6.07. The van der Waals surface area contributed by atoms with Gasteiger partial charge in [0.05, 0.1) is 16.0 Å². The maximum atomic E-state index is 13.7. The fourth-order valence-corrected chi connectivity index (χ4v) is 1.92. The van der Waals surface area contributed by atoms with Crippen LogP contribution in [0, 0.1) is 15.9 Å². The molecule has 0 aromatic heterocycles. The molecule has 7 heteroatoms. The number of halogens is 2. The summed E-state index contributed by atoms with van der Waals surface area (Å²) < 4.78 is 19.1. The minimum Gasteiger partial charge on any atom is -0.453 e. The van der Waals surface area contributed by atoms with Crippen molar-refractivity contribution in [2.75, 3.05) is 0 Å². The molecule has 0 radical (unpaired) electrons. The Bertz CT molecular complexity index is 692. The number of nitro benzene ring substituents is 1. The average Bonchev–Trinajstić information content (AvgIpc) is 2.42. The van der Waals surface area contributed by atoms with E-state index in [0.717, 1.165) is 17.7 Å². The van der Waals surface area contributed by atoms with Crippen molar-refractivity contribution in [3.63, 3.8) is 0 Å². The molecule has 2 aromatic rings. The van der Waals surface area contributed by atoms with Crippen molar-refractivity contribution in [1.82, 2.24) is 0 Å². The minimum absolute atomic E-state index is 0.143. The van der Waals surface area contributed by atoms with Crippen molar-refractivity contribution < 1.29 is 14.1 Å². The van der Waals surface area contributed by atoms with E-state index in [1.807, 2.05) is 6.92 Å². The summed E-state index contributed by atoms with van der Waals surface area (Å²) in [6, 6.07) is 7.86. The molecule has 5 nitrogen and oxygen atoms in total. The molecule has 2 aromatic carbocycles. The lowest BCUT2D eigenvalue weighted by atomic mass is 10.1. The van der Waals surface area contributed by atoms with Crippen molar-refractivity contribution in [2.45, 2.75) is 13.0 Å². The fourth-order valence-electron chi connectivity index (χ4n) is 1.69. The third kappa shape index (κ3) is 3.48. The quantitative estimate of drug-likeness (QED) is 0.678. The lowest BCUT2D eigenvalue weighted by Gasteiger charge is -2.11. The Hall–Kier alpha value is -2.18. The van der Waals surface area contributed by atoms with Gasteiger partial charge in [-0.25, -0.2) is 4.39 Å². The summed E-state index contributed by atoms with van der Waals surface area (Å²) in [5.74, 6) is -0.735. The van der Waals surface area contributed by atoms with Crippen LogP contribution in [0.2, 0.25) is 5.02 Å². The van der Waals surface area contributed by atoms with Gasteiger partial charge < -0.3 is 10.5 Å². The number of ether oxygens (including phenoxy) is 1. The molecule has 1 unspecified atom stereocenters. The van der Waals surface area contributed by atoms with E-state index in [2.05, 4.69) is 0 Å². The standard InChI is InChI=1S/C14H12ClFN2O3/c1-8(17)9-2-4-13(11(15)6-9)21-14-5-3-10(18(19)20)7-12(14)16/h2-8H,17H2,1H3. The maximum absolute atomic E-state index is 13.7. The summed E-state index contributed by atoms with van der Waals surface area (Å²) in [6.45, 7) is 1.81. The van der Waals surface area contributed by atoms with E-state index >= 15 is 0 Å². The molecular formula is C14H12ClFN2O3. The highest BCUT2D eigenvalue weighted by atomic mass is 35.5. The number of nitro groups is 1. The Balaban J connectivity index is 2.28. The van der Waals surface area contributed by atoms with Crippen LogP contribution in [0.4, 0.5) is 10.1 Å². The highest BCUT2D eigenvalue weighted by Gasteiger charge is 2.14. The Labute approximate surface area is 125 Å². The van der Waals surface area contributed by atoms with Gasteiger partial charge in [0.15, 0.2) is 11.6 Å². The first kappa shape index (κ1) is 15.2. The van der Waals surface area contributed by atoms with Crippen LogP contribution in [0.5, 0.6) is 11.5 Å². The molecule has 0 aliphatic carbocycles. The first-order chi connectivity index (χ1) is 9.88. The second-order valence-corrected chi connectivity index (χ2v) is 4.86. The van der Waals surface area contributed by atoms with Crippen LogP contribution < -0.4 is 10.5 Å². The SMILES string of the molecule is CC(N)c1ccc(Oc2ccc([N+](=O)[O-])cc2F)c(Cl)c1. The molecule has 110 valence electrons. The number of benzene rings is 2. The molecule has 2 rings (SSSR count). The first-order valence-corrected chi connectivity index (χ1v) is 6.43. The smallest absolute Gasteiger partial charge is 0.272 e. The van der Waals surface area contributed by atoms with Gasteiger partial charge in [0.25, 0.3) is 5.69 Å². The van der Waals surface area contributed by atoms with Gasteiger partial charge in [0.1, 0.15) is 5.75 Å². The molecule has 0 heterocycles. The number of hydrogen-bond acceptors (Lipinski definition) is 4.